The molecule has 3 rings (SSSR count). The summed E-state index contributed by atoms with van der Waals surface area (Å²) >= 11 is 6.77. The molecule has 124 valence electrons. The van der Waals surface area contributed by atoms with Gasteiger partial charge in [0.25, 0.3) is 0 Å². The zero-order chi connectivity index (χ0) is 16.7. The molecule has 0 amide bonds. The van der Waals surface area contributed by atoms with Crippen LogP contribution in [0, 0.1) is 0 Å². The lowest BCUT2D eigenvalue weighted by atomic mass is 9.84. The van der Waals surface area contributed by atoms with Crippen LogP contribution in [0.1, 0.15) is 23.3 Å². The van der Waals surface area contributed by atoms with E-state index in [2.05, 4.69) is 4.98 Å². The largest absolute Gasteiger partial charge is 0.427 e. The highest BCUT2D eigenvalue weighted by molar-refractivity contribution is 7.15. The predicted molar refractivity (Wildman–Crippen MR) is 83.9 cm³/mol. The lowest BCUT2D eigenvalue weighted by Crippen LogP contribution is -2.42. The molecular formula is C15H14ClF3N2OS. The van der Waals surface area contributed by atoms with E-state index in [4.69, 9.17) is 11.6 Å². The molecule has 1 aliphatic rings. The van der Waals surface area contributed by atoms with Gasteiger partial charge in [-0.15, -0.1) is 0 Å². The molecule has 1 saturated heterocycles. The highest BCUT2D eigenvalue weighted by Crippen LogP contribution is 2.40. The number of hydrogen-bond acceptors (Lipinski definition) is 4. The van der Waals surface area contributed by atoms with Crippen LogP contribution in [0.3, 0.4) is 0 Å². The highest BCUT2D eigenvalue weighted by Gasteiger charge is 2.38. The van der Waals surface area contributed by atoms with Crippen LogP contribution in [0.2, 0.25) is 5.02 Å². The monoisotopic (exact) mass is 362 g/mol. The summed E-state index contributed by atoms with van der Waals surface area (Å²) in [5.41, 5.74) is -0.393. The first kappa shape index (κ1) is 16.5. The molecule has 0 saturated carbocycles. The van der Waals surface area contributed by atoms with Crippen molar-refractivity contribution in [3.05, 3.63) is 45.9 Å². The number of aromatic nitrogens is 1. The molecule has 0 radical (unpaired) electrons. The van der Waals surface area contributed by atoms with Crippen molar-refractivity contribution in [1.82, 2.24) is 4.98 Å². The van der Waals surface area contributed by atoms with Crippen molar-refractivity contribution in [2.24, 2.45) is 0 Å². The SMILES string of the molecule is OC1(c2ccccc2Cl)CCN(c2ncc(C(F)(F)F)s2)CC1. The number of aliphatic hydroxyl groups is 1. The Balaban J connectivity index is 1.73. The predicted octanol–water partition coefficient (Wildman–Crippen LogP) is 4.30. The molecule has 0 unspecified atom stereocenters. The molecule has 0 bridgehead atoms. The Labute approximate surface area is 140 Å². The standard InChI is InChI=1S/C15H14ClF3N2OS/c16-11-4-2-1-3-10(11)14(22)5-7-21(8-6-14)13-20-9-12(23-13)15(17,18)19/h1-4,9,22H,5-8H2. The van der Waals surface area contributed by atoms with E-state index in [0.29, 0.717) is 53.0 Å². The van der Waals surface area contributed by atoms with Gasteiger partial charge in [-0.25, -0.2) is 4.98 Å². The number of anilines is 1. The third-order valence-electron chi connectivity index (χ3n) is 4.01. The van der Waals surface area contributed by atoms with Crippen LogP contribution in [-0.4, -0.2) is 23.2 Å². The first-order chi connectivity index (χ1) is 10.8. The Morgan fingerprint density at radius 3 is 2.43 bits per heavy atom. The van der Waals surface area contributed by atoms with Crippen LogP contribution in [0.4, 0.5) is 18.3 Å². The van der Waals surface area contributed by atoms with Crippen LogP contribution < -0.4 is 4.90 Å². The molecule has 8 heteroatoms. The molecule has 1 N–H and O–H groups in total. The second-order valence-corrected chi connectivity index (χ2v) is 6.92. The Morgan fingerprint density at radius 2 is 1.87 bits per heavy atom. The lowest BCUT2D eigenvalue weighted by molar-refractivity contribution is -0.134. The zero-order valence-corrected chi connectivity index (χ0v) is 13.5. The number of nitrogens with zero attached hydrogens (tertiary/aromatic N) is 2. The van der Waals surface area contributed by atoms with Gasteiger partial charge in [-0.1, -0.05) is 41.1 Å². The summed E-state index contributed by atoms with van der Waals surface area (Å²) in [5.74, 6) is 0. The summed E-state index contributed by atoms with van der Waals surface area (Å²) in [6, 6.07) is 7.10. The van der Waals surface area contributed by atoms with Gasteiger partial charge in [0.05, 0.1) is 11.8 Å². The van der Waals surface area contributed by atoms with Crippen LogP contribution in [0.25, 0.3) is 0 Å². The van der Waals surface area contributed by atoms with E-state index in [9.17, 15) is 18.3 Å². The van der Waals surface area contributed by atoms with Crippen molar-refractivity contribution in [2.75, 3.05) is 18.0 Å². The minimum Gasteiger partial charge on any atom is -0.385 e. The van der Waals surface area contributed by atoms with E-state index >= 15 is 0 Å². The number of alkyl halides is 3. The number of rotatable bonds is 2. The molecule has 2 heterocycles. The van der Waals surface area contributed by atoms with Crippen molar-refractivity contribution >= 4 is 28.1 Å². The van der Waals surface area contributed by atoms with E-state index in [1.54, 1.807) is 23.1 Å². The molecule has 0 spiro atoms. The smallest absolute Gasteiger partial charge is 0.385 e. The van der Waals surface area contributed by atoms with Gasteiger partial charge in [0, 0.05) is 23.7 Å². The van der Waals surface area contributed by atoms with Gasteiger partial charge in [-0.3, -0.25) is 0 Å². The molecule has 23 heavy (non-hydrogen) atoms. The molecule has 1 aromatic heterocycles. The summed E-state index contributed by atoms with van der Waals surface area (Å²) < 4.78 is 38.0. The average Bonchev–Trinajstić information content (AvgIpc) is 2.98. The molecule has 0 aliphatic carbocycles. The van der Waals surface area contributed by atoms with Crippen molar-refractivity contribution in [3.8, 4) is 0 Å². The van der Waals surface area contributed by atoms with E-state index in [-0.39, 0.29) is 0 Å². The molecule has 1 aliphatic heterocycles. The van der Waals surface area contributed by atoms with Gasteiger partial charge in [-0.05, 0) is 18.9 Å². The van der Waals surface area contributed by atoms with E-state index in [0.717, 1.165) is 6.20 Å². The van der Waals surface area contributed by atoms with E-state index in [1.807, 2.05) is 6.07 Å². The van der Waals surface area contributed by atoms with Crippen molar-refractivity contribution < 1.29 is 18.3 Å². The first-order valence-corrected chi connectivity index (χ1v) is 8.24. The topological polar surface area (TPSA) is 36.4 Å². The van der Waals surface area contributed by atoms with Gasteiger partial charge in [0.2, 0.25) is 0 Å². The lowest BCUT2D eigenvalue weighted by Gasteiger charge is -2.38. The fraction of sp³-hybridized carbons (Fsp3) is 0.400. The minimum absolute atomic E-state index is 0.332. The second kappa shape index (κ2) is 5.96. The van der Waals surface area contributed by atoms with Crippen LogP contribution in [0.15, 0.2) is 30.5 Å². The number of halogens is 4. The summed E-state index contributed by atoms with van der Waals surface area (Å²) in [5, 5.41) is 11.6. The van der Waals surface area contributed by atoms with Crippen molar-refractivity contribution in [1.29, 1.82) is 0 Å². The number of hydrogen-bond donors (Lipinski definition) is 1. The van der Waals surface area contributed by atoms with Crippen LogP contribution >= 0.6 is 22.9 Å². The van der Waals surface area contributed by atoms with Gasteiger partial charge < -0.3 is 10.0 Å². The fourth-order valence-electron chi connectivity index (χ4n) is 2.72. The van der Waals surface area contributed by atoms with E-state index < -0.39 is 16.7 Å². The number of thiazole rings is 1. The molecule has 3 nitrogen and oxygen atoms in total. The van der Waals surface area contributed by atoms with Crippen LogP contribution in [-0.2, 0) is 11.8 Å². The van der Waals surface area contributed by atoms with Gasteiger partial charge >= 0.3 is 6.18 Å². The summed E-state index contributed by atoms with van der Waals surface area (Å²) in [4.78, 5) is 4.92. The van der Waals surface area contributed by atoms with Gasteiger partial charge in [0.1, 0.15) is 4.88 Å². The van der Waals surface area contributed by atoms with Gasteiger partial charge in [0.15, 0.2) is 5.13 Å². The van der Waals surface area contributed by atoms with Crippen molar-refractivity contribution in [2.45, 2.75) is 24.6 Å². The highest BCUT2D eigenvalue weighted by atomic mass is 35.5. The Hall–Kier alpha value is -1.31. The maximum Gasteiger partial charge on any atom is 0.427 e. The normalized spacial score (nSPS) is 18.2. The fourth-order valence-corrected chi connectivity index (χ4v) is 3.86. The molecule has 0 atom stereocenters. The first-order valence-electron chi connectivity index (χ1n) is 7.05. The summed E-state index contributed by atoms with van der Waals surface area (Å²) in [6.07, 6.45) is -2.74. The maximum absolute atomic E-state index is 12.7. The number of piperidine rings is 1. The Morgan fingerprint density at radius 1 is 1.22 bits per heavy atom. The number of benzene rings is 1. The van der Waals surface area contributed by atoms with Crippen molar-refractivity contribution in [3.63, 3.8) is 0 Å². The third-order valence-corrected chi connectivity index (χ3v) is 5.44. The molecule has 1 aromatic carbocycles. The molecule has 1 fully saturated rings. The van der Waals surface area contributed by atoms with E-state index in [1.165, 1.54) is 0 Å². The van der Waals surface area contributed by atoms with Crippen LogP contribution in [0.5, 0.6) is 0 Å². The summed E-state index contributed by atoms with van der Waals surface area (Å²) in [6.45, 7) is 0.846. The second-order valence-electron chi connectivity index (χ2n) is 5.50. The summed E-state index contributed by atoms with van der Waals surface area (Å²) in [7, 11) is 0. The quantitative estimate of drug-likeness (QED) is 0.865. The minimum atomic E-state index is -4.37. The Bertz CT molecular complexity index is 696. The van der Waals surface area contributed by atoms with Gasteiger partial charge in [-0.2, -0.15) is 13.2 Å². The Kier molecular flexibility index (Phi) is 4.29. The zero-order valence-electron chi connectivity index (χ0n) is 12.0. The third kappa shape index (κ3) is 3.32. The molecular weight excluding hydrogens is 349 g/mol. The average molecular weight is 363 g/mol. The maximum atomic E-state index is 12.7. The molecule has 2 aromatic rings.